The van der Waals surface area contributed by atoms with Crippen LogP contribution in [0.4, 0.5) is 0 Å². The van der Waals surface area contributed by atoms with Crippen LogP contribution in [0.5, 0.6) is 6.01 Å². The van der Waals surface area contributed by atoms with Crippen LogP contribution in [0.2, 0.25) is 0 Å². The monoisotopic (exact) mass is 422 g/mol. The molecule has 0 bridgehead atoms. The van der Waals surface area contributed by atoms with E-state index < -0.39 is 0 Å². The Balaban J connectivity index is 1.98. The summed E-state index contributed by atoms with van der Waals surface area (Å²) >= 11 is 2.16. The second-order valence-electron chi connectivity index (χ2n) is 5.00. The van der Waals surface area contributed by atoms with Gasteiger partial charge in [0.05, 0.1) is 34.7 Å². The van der Waals surface area contributed by atoms with Crippen molar-refractivity contribution < 1.29 is 14.3 Å². The predicted molar refractivity (Wildman–Crippen MR) is 90.4 cm³/mol. The summed E-state index contributed by atoms with van der Waals surface area (Å²) in [6, 6.07) is 2.14. The van der Waals surface area contributed by atoms with Crippen molar-refractivity contribution >= 4 is 39.6 Å². The number of hydrogen-bond acceptors (Lipinski definition) is 6. The number of carbonyl (C=O) groups is 1. The van der Waals surface area contributed by atoms with Crippen LogP contribution < -0.4 is 4.74 Å². The Morgan fingerprint density at radius 1 is 1.39 bits per heavy atom. The molecule has 1 N–H and O–H groups in total. The number of fused-ring (bicyclic) bond motifs is 2. The Morgan fingerprint density at radius 2 is 2.26 bits per heavy atom. The van der Waals surface area contributed by atoms with Crippen LogP contribution in [0.25, 0.3) is 22.3 Å². The van der Waals surface area contributed by atoms with Gasteiger partial charge < -0.3 is 14.5 Å². The molecule has 0 saturated carbocycles. The molecule has 0 aliphatic carbocycles. The number of aromatic nitrogens is 4. The van der Waals surface area contributed by atoms with Gasteiger partial charge in [0.2, 0.25) is 0 Å². The highest BCUT2D eigenvalue weighted by Gasteiger charge is 2.27. The van der Waals surface area contributed by atoms with Gasteiger partial charge >= 0.3 is 12.0 Å². The third-order valence-corrected chi connectivity index (χ3v) is 4.79. The number of aromatic amines is 1. The highest BCUT2D eigenvalue weighted by Crippen LogP contribution is 2.34. The minimum absolute atomic E-state index is 0.275. The molecule has 1 aliphatic heterocycles. The minimum atomic E-state index is -0.288. The van der Waals surface area contributed by atoms with E-state index in [0.717, 1.165) is 20.5 Å². The summed E-state index contributed by atoms with van der Waals surface area (Å²) in [5.74, 6) is -0.288. The van der Waals surface area contributed by atoms with E-state index in [0.29, 0.717) is 29.6 Å². The van der Waals surface area contributed by atoms with Crippen molar-refractivity contribution in [1.82, 2.24) is 19.9 Å². The molecule has 0 aromatic carbocycles. The third kappa shape index (κ3) is 2.24. The van der Waals surface area contributed by atoms with Crippen LogP contribution in [0.3, 0.4) is 0 Å². The molecule has 0 atom stereocenters. The van der Waals surface area contributed by atoms with Crippen LogP contribution in [0.15, 0.2) is 18.5 Å². The van der Waals surface area contributed by atoms with Crippen LogP contribution >= 0.6 is 22.6 Å². The summed E-state index contributed by atoms with van der Waals surface area (Å²) in [6.07, 6.45) is 3.99. The number of pyridine rings is 1. The fourth-order valence-electron chi connectivity index (χ4n) is 2.65. The predicted octanol–water partition coefficient (Wildman–Crippen LogP) is 2.35. The van der Waals surface area contributed by atoms with Crippen molar-refractivity contribution in [1.29, 1.82) is 0 Å². The molecule has 23 heavy (non-hydrogen) atoms. The Hall–Kier alpha value is -2.23. The van der Waals surface area contributed by atoms with E-state index in [1.807, 2.05) is 6.07 Å². The lowest BCUT2D eigenvalue weighted by atomic mass is 10.1. The van der Waals surface area contributed by atoms with E-state index in [4.69, 9.17) is 9.47 Å². The minimum Gasteiger partial charge on any atom is -0.467 e. The highest BCUT2D eigenvalue weighted by atomic mass is 127. The number of ether oxygens (including phenoxy) is 2. The van der Waals surface area contributed by atoms with Crippen molar-refractivity contribution in [3.05, 3.63) is 33.3 Å². The number of halogens is 1. The summed E-state index contributed by atoms with van der Waals surface area (Å²) in [5.41, 5.74) is 4.52. The van der Waals surface area contributed by atoms with Gasteiger partial charge in [-0.05, 0) is 28.7 Å². The van der Waals surface area contributed by atoms with E-state index in [-0.39, 0.29) is 12.0 Å². The molecule has 1 aliphatic rings. The van der Waals surface area contributed by atoms with Gasteiger partial charge in [0.15, 0.2) is 0 Å². The van der Waals surface area contributed by atoms with Crippen molar-refractivity contribution in [2.24, 2.45) is 0 Å². The fourth-order valence-corrected chi connectivity index (χ4v) is 3.62. The molecule has 0 unspecified atom stereocenters. The van der Waals surface area contributed by atoms with Gasteiger partial charge in [-0.15, -0.1) is 0 Å². The molecular weight excluding hydrogens is 411 g/mol. The fraction of sp³-hybridized carbons (Fsp3) is 0.200. The average Bonchev–Trinajstić information content (AvgIpc) is 2.92. The molecule has 8 heteroatoms. The number of nitrogens with zero attached hydrogens (tertiary/aromatic N) is 3. The topological polar surface area (TPSA) is 90.0 Å². The lowest BCUT2D eigenvalue weighted by Gasteiger charge is -2.11. The first-order valence-electron chi connectivity index (χ1n) is 6.92. The number of carbonyl (C=O) groups excluding carboxylic acids is 1. The van der Waals surface area contributed by atoms with Gasteiger partial charge in [-0.1, -0.05) is 0 Å². The quantitative estimate of drug-likeness (QED) is 0.504. The van der Waals surface area contributed by atoms with E-state index in [1.165, 1.54) is 7.11 Å². The number of H-pyrrole nitrogens is 1. The Morgan fingerprint density at radius 3 is 3.04 bits per heavy atom. The molecule has 0 fully saturated rings. The van der Waals surface area contributed by atoms with E-state index in [2.05, 4.69) is 42.5 Å². The zero-order valence-electron chi connectivity index (χ0n) is 12.1. The molecule has 0 saturated heterocycles. The summed E-state index contributed by atoms with van der Waals surface area (Å²) in [7, 11) is 1.52. The van der Waals surface area contributed by atoms with Gasteiger partial charge in [0.1, 0.15) is 11.0 Å². The van der Waals surface area contributed by atoms with Crippen LogP contribution in [-0.2, 0) is 11.2 Å². The van der Waals surface area contributed by atoms with E-state index >= 15 is 0 Å². The lowest BCUT2D eigenvalue weighted by molar-refractivity contribution is 0.0478. The van der Waals surface area contributed by atoms with Gasteiger partial charge in [-0.2, -0.15) is 4.98 Å². The second-order valence-corrected chi connectivity index (χ2v) is 6.08. The van der Waals surface area contributed by atoms with E-state index in [1.54, 1.807) is 12.4 Å². The maximum Gasteiger partial charge on any atom is 0.341 e. The lowest BCUT2D eigenvalue weighted by Crippen LogP contribution is -2.17. The molecule has 3 aromatic heterocycles. The number of rotatable bonds is 2. The highest BCUT2D eigenvalue weighted by molar-refractivity contribution is 14.1. The van der Waals surface area contributed by atoms with Gasteiger partial charge in [0.25, 0.3) is 0 Å². The zero-order valence-corrected chi connectivity index (χ0v) is 14.2. The van der Waals surface area contributed by atoms with Gasteiger partial charge in [0, 0.05) is 23.9 Å². The number of nitrogens with one attached hydrogen (secondary N) is 1. The van der Waals surface area contributed by atoms with Crippen molar-refractivity contribution in [3.63, 3.8) is 0 Å². The average molecular weight is 422 g/mol. The number of cyclic esters (lactones) is 1. The first kappa shape index (κ1) is 14.4. The SMILES string of the molecule is COc1ncc2nccc(-c3[nH]c4c(c3I)C(=O)OCC4)c2n1. The van der Waals surface area contributed by atoms with E-state index in [9.17, 15) is 4.79 Å². The van der Waals surface area contributed by atoms with Gasteiger partial charge in [-0.25, -0.2) is 9.78 Å². The molecule has 7 nitrogen and oxygen atoms in total. The molecule has 4 heterocycles. The molecule has 0 amide bonds. The summed E-state index contributed by atoms with van der Waals surface area (Å²) in [5, 5.41) is 0. The molecule has 0 radical (unpaired) electrons. The van der Waals surface area contributed by atoms with Gasteiger partial charge in [-0.3, -0.25) is 4.98 Å². The summed E-state index contributed by atoms with van der Waals surface area (Å²) in [6.45, 7) is 0.398. The van der Waals surface area contributed by atoms with Crippen LogP contribution in [0.1, 0.15) is 16.1 Å². The standard InChI is InChI=1S/C15H11IN4O3/c1-22-15-18-6-9-12(20-15)7(2-4-17-9)13-11(16)10-8(19-13)3-5-23-14(10)21/h2,4,6,19H,3,5H2,1H3. The summed E-state index contributed by atoms with van der Waals surface area (Å²) < 4.78 is 11.1. The normalized spacial score (nSPS) is 13.7. The van der Waals surface area contributed by atoms with Crippen molar-refractivity contribution in [2.75, 3.05) is 13.7 Å². The van der Waals surface area contributed by atoms with Crippen LogP contribution in [0, 0.1) is 3.57 Å². The number of methoxy groups -OCH3 is 1. The Bertz CT molecular complexity index is 938. The number of esters is 1. The zero-order chi connectivity index (χ0) is 16.0. The van der Waals surface area contributed by atoms with Crippen LogP contribution in [-0.4, -0.2) is 39.6 Å². The number of hydrogen-bond donors (Lipinski definition) is 1. The molecule has 4 rings (SSSR count). The maximum absolute atomic E-state index is 12.0. The third-order valence-electron chi connectivity index (χ3n) is 3.72. The maximum atomic E-state index is 12.0. The van der Waals surface area contributed by atoms with Crippen molar-refractivity contribution in [2.45, 2.75) is 6.42 Å². The largest absolute Gasteiger partial charge is 0.467 e. The molecular formula is C15H11IN4O3. The Kier molecular flexibility index (Phi) is 3.40. The smallest absolute Gasteiger partial charge is 0.341 e. The second kappa shape index (κ2) is 5.44. The first-order valence-corrected chi connectivity index (χ1v) is 8.00. The first-order chi connectivity index (χ1) is 11.2. The Labute approximate surface area is 144 Å². The molecule has 0 spiro atoms. The molecule has 3 aromatic rings. The van der Waals surface area contributed by atoms with Crippen molar-refractivity contribution in [3.8, 4) is 17.3 Å². The molecule has 116 valence electrons. The summed E-state index contributed by atoms with van der Waals surface area (Å²) in [4.78, 5) is 28.1.